The molecular weight excluding hydrogens is 388 g/mol. The molecule has 0 aliphatic heterocycles. The number of halogens is 2. The maximum atomic E-state index is 3.90. The standard InChI is InChI=1S/C19H16Br2/c1-13-9-10-15-6-2-3-8-17(15)19(13)18(21)12-14-5-4-7-16(20)11-14/h2-11,18H,12H2,1H3. The summed E-state index contributed by atoms with van der Waals surface area (Å²) in [5, 5.41) is 2.64. The summed E-state index contributed by atoms with van der Waals surface area (Å²) in [6.07, 6.45) is 0.980. The van der Waals surface area contributed by atoms with Gasteiger partial charge >= 0.3 is 0 Å². The highest BCUT2D eigenvalue weighted by Crippen LogP contribution is 2.35. The van der Waals surface area contributed by atoms with Crippen LogP contribution < -0.4 is 0 Å². The molecule has 0 amide bonds. The zero-order chi connectivity index (χ0) is 14.8. The molecule has 0 aliphatic rings. The zero-order valence-corrected chi connectivity index (χ0v) is 15.0. The van der Waals surface area contributed by atoms with E-state index in [2.05, 4.69) is 99.4 Å². The van der Waals surface area contributed by atoms with Crippen molar-refractivity contribution in [1.82, 2.24) is 0 Å². The normalized spacial score (nSPS) is 12.5. The molecule has 3 aromatic rings. The second-order valence-corrected chi connectivity index (χ2v) is 7.34. The third kappa shape index (κ3) is 3.22. The molecule has 3 aromatic carbocycles. The first-order valence-corrected chi connectivity index (χ1v) is 8.73. The van der Waals surface area contributed by atoms with E-state index >= 15 is 0 Å². The summed E-state index contributed by atoms with van der Waals surface area (Å²) in [7, 11) is 0. The minimum atomic E-state index is 0.317. The van der Waals surface area contributed by atoms with Crippen molar-refractivity contribution in [3.05, 3.63) is 81.8 Å². The maximum Gasteiger partial charge on any atom is 0.0444 e. The third-order valence-corrected chi connectivity index (χ3v) is 5.08. The van der Waals surface area contributed by atoms with Gasteiger partial charge in [0.15, 0.2) is 0 Å². The van der Waals surface area contributed by atoms with Gasteiger partial charge in [-0.3, -0.25) is 0 Å². The molecule has 0 spiro atoms. The Labute approximate surface area is 142 Å². The number of hydrogen-bond acceptors (Lipinski definition) is 0. The van der Waals surface area contributed by atoms with Gasteiger partial charge in [0.2, 0.25) is 0 Å². The van der Waals surface area contributed by atoms with Gasteiger partial charge in [0.05, 0.1) is 0 Å². The number of rotatable bonds is 3. The average Bonchev–Trinajstić information content (AvgIpc) is 2.47. The Hall–Kier alpha value is -1.12. The van der Waals surface area contributed by atoms with Crippen molar-refractivity contribution in [3.63, 3.8) is 0 Å². The van der Waals surface area contributed by atoms with Crippen LogP contribution in [-0.2, 0) is 6.42 Å². The summed E-state index contributed by atoms with van der Waals surface area (Å²) in [4.78, 5) is 0.317. The van der Waals surface area contributed by atoms with Gasteiger partial charge in [0.1, 0.15) is 0 Å². The van der Waals surface area contributed by atoms with Gasteiger partial charge in [-0.2, -0.15) is 0 Å². The van der Waals surface area contributed by atoms with Crippen LogP contribution in [0.15, 0.2) is 65.1 Å². The van der Waals surface area contributed by atoms with Crippen molar-refractivity contribution in [1.29, 1.82) is 0 Å². The van der Waals surface area contributed by atoms with Crippen LogP contribution in [0.2, 0.25) is 0 Å². The summed E-state index contributed by atoms with van der Waals surface area (Å²) >= 11 is 7.45. The second-order valence-electron chi connectivity index (χ2n) is 5.32. The van der Waals surface area contributed by atoms with Gasteiger partial charge < -0.3 is 0 Å². The lowest BCUT2D eigenvalue weighted by atomic mass is 9.94. The molecule has 106 valence electrons. The topological polar surface area (TPSA) is 0 Å². The highest BCUT2D eigenvalue weighted by atomic mass is 79.9. The van der Waals surface area contributed by atoms with Crippen LogP contribution in [0.3, 0.4) is 0 Å². The van der Waals surface area contributed by atoms with Crippen molar-refractivity contribution < 1.29 is 0 Å². The Morgan fingerprint density at radius 2 is 1.76 bits per heavy atom. The van der Waals surface area contributed by atoms with E-state index in [0.29, 0.717) is 4.83 Å². The van der Waals surface area contributed by atoms with Crippen LogP contribution in [-0.4, -0.2) is 0 Å². The van der Waals surface area contributed by atoms with E-state index in [4.69, 9.17) is 0 Å². The second kappa shape index (κ2) is 6.33. The lowest BCUT2D eigenvalue weighted by molar-refractivity contribution is 0.947. The molecule has 0 radical (unpaired) electrons. The first kappa shape index (κ1) is 14.8. The molecule has 1 atom stereocenters. The molecule has 0 fully saturated rings. The summed E-state index contributed by atoms with van der Waals surface area (Å²) in [5.74, 6) is 0. The fraction of sp³-hybridized carbons (Fsp3) is 0.158. The van der Waals surface area contributed by atoms with Crippen molar-refractivity contribution in [2.45, 2.75) is 18.2 Å². The highest BCUT2D eigenvalue weighted by Gasteiger charge is 2.14. The molecule has 0 aromatic heterocycles. The van der Waals surface area contributed by atoms with Crippen LogP contribution in [0.1, 0.15) is 21.5 Å². The van der Waals surface area contributed by atoms with E-state index in [-0.39, 0.29) is 0 Å². The zero-order valence-electron chi connectivity index (χ0n) is 11.8. The fourth-order valence-corrected chi connectivity index (χ4v) is 4.22. The van der Waals surface area contributed by atoms with Gasteiger partial charge in [0, 0.05) is 9.30 Å². The summed E-state index contributed by atoms with van der Waals surface area (Å²) in [5.41, 5.74) is 4.07. The Morgan fingerprint density at radius 1 is 0.952 bits per heavy atom. The van der Waals surface area contributed by atoms with E-state index in [1.165, 1.54) is 27.5 Å². The molecule has 0 N–H and O–H groups in total. The first-order valence-electron chi connectivity index (χ1n) is 7.02. The molecule has 3 rings (SSSR count). The van der Waals surface area contributed by atoms with Crippen molar-refractivity contribution >= 4 is 42.6 Å². The summed E-state index contributed by atoms with van der Waals surface area (Å²) in [6.45, 7) is 2.19. The van der Waals surface area contributed by atoms with Crippen molar-refractivity contribution in [2.75, 3.05) is 0 Å². The lowest BCUT2D eigenvalue weighted by Gasteiger charge is -2.16. The number of fused-ring (bicyclic) bond motifs is 1. The molecule has 0 heterocycles. The summed E-state index contributed by atoms with van der Waals surface area (Å²) < 4.78 is 1.13. The Kier molecular flexibility index (Phi) is 4.46. The van der Waals surface area contributed by atoms with Gasteiger partial charge in [-0.1, -0.05) is 80.4 Å². The lowest BCUT2D eigenvalue weighted by Crippen LogP contribution is -1.99. The summed E-state index contributed by atoms with van der Waals surface area (Å²) in [6, 6.07) is 21.5. The number of alkyl halides is 1. The van der Waals surface area contributed by atoms with Gasteiger partial charge in [-0.15, -0.1) is 0 Å². The van der Waals surface area contributed by atoms with Crippen molar-refractivity contribution in [2.24, 2.45) is 0 Å². The SMILES string of the molecule is Cc1ccc2ccccc2c1C(Br)Cc1cccc(Br)c1. The van der Waals surface area contributed by atoms with E-state index in [1.54, 1.807) is 0 Å². The predicted octanol–water partition coefficient (Wildman–Crippen LogP) is 6.59. The molecule has 2 heteroatoms. The third-order valence-electron chi connectivity index (χ3n) is 3.81. The van der Waals surface area contributed by atoms with Gasteiger partial charge in [0.25, 0.3) is 0 Å². The van der Waals surface area contributed by atoms with Crippen LogP contribution in [0, 0.1) is 6.92 Å². The highest BCUT2D eigenvalue weighted by molar-refractivity contribution is 9.10. The average molecular weight is 404 g/mol. The number of benzene rings is 3. The molecular formula is C19H16Br2. The quantitative estimate of drug-likeness (QED) is 0.432. The number of hydrogen-bond donors (Lipinski definition) is 0. The minimum Gasteiger partial charge on any atom is -0.0835 e. The molecule has 0 aliphatic carbocycles. The maximum absolute atomic E-state index is 3.90. The Bertz CT molecular complexity index is 777. The largest absolute Gasteiger partial charge is 0.0835 e. The minimum absolute atomic E-state index is 0.317. The van der Waals surface area contributed by atoms with E-state index < -0.39 is 0 Å². The van der Waals surface area contributed by atoms with Crippen molar-refractivity contribution in [3.8, 4) is 0 Å². The first-order chi connectivity index (χ1) is 10.1. The van der Waals surface area contributed by atoms with Crippen LogP contribution in [0.4, 0.5) is 0 Å². The molecule has 1 unspecified atom stereocenters. The van der Waals surface area contributed by atoms with Crippen LogP contribution >= 0.6 is 31.9 Å². The molecule has 0 saturated heterocycles. The fourth-order valence-electron chi connectivity index (χ4n) is 2.79. The van der Waals surface area contributed by atoms with Crippen LogP contribution in [0.5, 0.6) is 0 Å². The molecule has 21 heavy (non-hydrogen) atoms. The van der Waals surface area contributed by atoms with Gasteiger partial charge in [-0.25, -0.2) is 0 Å². The number of aryl methyl sites for hydroxylation is 1. The molecule has 0 bridgehead atoms. The molecule has 0 saturated carbocycles. The van der Waals surface area contributed by atoms with Crippen LogP contribution in [0.25, 0.3) is 10.8 Å². The predicted molar refractivity (Wildman–Crippen MR) is 98.2 cm³/mol. The van der Waals surface area contributed by atoms with E-state index in [1.807, 2.05) is 0 Å². The molecule has 0 nitrogen and oxygen atoms in total. The van der Waals surface area contributed by atoms with E-state index in [9.17, 15) is 0 Å². The Balaban J connectivity index is 2.01. The monoisotopic (exact) mass is 402 g/mol. The Morgan fingerprint density at radius 3 is 2.57 bits per heavy atom. The van der Waals surface area contributed by atoms with E-state index in [0.717, 1.165) is 10.9 Å². The smallest absolute Gasteiger partial charge is 0.0444 e. The van der Waals surface area contributed by atoms with Gasteiger partial charge in [-0.05, 0) is 52.9 Å².